The van der Waals surface area contributed by atoms with E-state index in [1.54, 1.807) is 0 Å². The van der Waals surface area contributed by atoms with E-state index < -0.39 is 5.97 Å². The first kappa shape index (κ1) is 8.53. The summed E-state index contributed by atoms with van der Waals surface area (Å²) in [6, 6.07) is 0. The van der Waals surface area contributed by atoms with Crippen LogP contribution in [0.25, 0.3) is 0 Å². The van der Waals surface area contributed by atoms with Crippen LogP contribution < -0.4 is 5.32 Å². The van der Waals surface area contributed by atoms with Crippen LogP contribution in [0.15, 0.2) is 0 Å². The van der Waals surface area contributed by atoms with Gasteiger partial charge in [-0.1, -0.05) is 13.3 Å². The fourth-order valence-corrected chi connectivity index (χ4v) is 1.69. The van der Waals surface area contributed by atoms with Crippen LogP contribution >= 0.6 is 0 Å². The zero-order valence-electron chi connectivity index (χ0n) is 6.84. The molecule has 3 heteroatoms. The van der Waals surface area contributed by atoms with Crippen LogP contribution in [0, 0.1) is 11.8 Å². The minimum absolute atomic E-state index is 0.159. The number of carbonyl (C=O) groups is 1. The largest absolute Gasteiger partial charge is 0.481 e. The van der Waals surface area contributed by atoms with Gasteiger partial charge in [0.2, 0.25) is 0 Å². The zero-order valence-corrected chi connectivity index (χ0v) is 6.84. The Labute approximate surface area is 66.8 Å². The lowest BCUT2D eigenvalue weighted by molar-refractivity contribution is -0.144. The van der Waals surface area contributed by atoms with Crippen molar-refractivity contribution in [3.05, 3.63) is 0 Å². The van der Waals surface area contributed by atoms with Gasteiger partial charge in [0.05, 0.1) is 5.92 Å². The lowest BCUT2D eigenvalue weighted by atomic mass is 9.85. The van der Waals surface area contributed by atoms with E-state index in [2.05, 4.69) is 12.2 Å². The van der Waals surface area contributed by atoms with Gasteiger partial charge in [-0.25, -0.2) is 0 Å². The molecule has 64 valence electrons. The predicted molar refractivity (Wildman–Crippen MR) is 42.4 cm³/mol. The molecular weight excluding hydrogens is 142 g/mol. The number of hydrogen-bond acceptors (Lipinski definition) is 2. The van der Waals surface area contributed by atoms with E-state index in [1.165, 1.54) is 0 Å². The van der Waals surface area contributed by atoms with Crippen molar-refractivity contribution in [2.75, 3.05) is 13.1 Å². The Kier molecular flexibility index (Phi) is 2.88. The second-order valence-electron chi connectivity index (χ2n) is 3.11. The number of piperidine rings is 1. The Morgan fingerprint density at radius 2 is 2.45 bits per heavy atom. The second-order valence-corrected chi connectivity index (χ2v) is 3.11. The van der Waals surface area contributed by atoms with Gasteiger partial charge in [0, 0.05) is 6.54 Å². The second kappa shape index (κ2) is 3.72. The average molecular weight is 157 g/mol. The van der Waals surface area contributed by atoms with Gasteiger partial charge in [-0.3, -0.25) is 4.79 Å². The molecule has 2 N–H and O–H groups in total. The molecule has 1 saturated heterocycles. The monoisotopic (exact) mass is 157 g/mol. The van der Waals surface area contributed by atoms with Gasteiger partial charge in [0.15, 0.2) is 0 Å². The smallest absolute Gasteiger partial charge is 0.308 e. The molecule has 2 atom stereocenters. The van der Waals surface area contributed by atoms with E-state index in [1.807, 2.05) is 0 Å². The molecule has 0 aliphatic carbocycles. The normalized spacial score (nSPS) is 31.7. The highest BCUT2D eigenvalue weighted by Crippen LogP contribution is 2.22. The van der Waals surface area contributed by atoms with Gasteiger partial charge in [0.25, 0.3) is 0 Å². The number of carboxylic acid groups (broad SMARTS) is 1. The molecule has 0 bridgehead atoms. The molecule has 11 heavy (non-hydrogen) atoms. The Morgan fingerprint density at radius 3 is 2.91 bits per heavy atom. The van der Waals surface area contributed by atoms with Crippen LogP contribution in [0.2, 0.25) is 0 Å². The van der Waals surface area contributed by atoms with Crippen LogP contribution in [-0.2, 0) is 4.79 Å². The van der Waals surface area contributed by atoms with Crippen molar-refractivity contribution < 1.29 is 9.90 Å². The van der Waals surface area contributed by atoms with Gasteiger partial charge < -0.3 is 10.4 Å². The van der Waals surface area contributed by atoms with E-state index in [-0.39, 0.29) is 5.92 Å². The van der Waals surface area contributed by atoms with E-state index in [4.69, 9.17) is 5.11 Å². The van der Waals surface area contributed by atoms with Crippen LogP contribution in [0.4, 0.5) is 0 Å². The standard InChI is InChI=1S/C8H15NO2/c1-2-6-3-4-9-5-7(6)8(10)11/h6-7,9H,2-5H2,1H3,(H,10,11). The lowest BCUT2D eigenvalue weighted by Gasteiger charge is -2.28. The Balaban J connectivity index is 2.51. The van der Waals surface area contributed by atoms with Gasteiger partial charge in [-0.15, -0.1) is 0 Å². The maximum atomic E-state index is 10.7. The molecule has 1 aliphatic heterocycles. The van der Waals surface area contributed by atoms with Crippen molar-refractivity contribution in [3.8, 4) is 0 Å². The van der Waals surface area contributed by atoms with Crippen molar-refractivity contribution in [2.24, 2.45) is 11.8 Å². The first-order valence-electron chi connectivity index (χ1n) is 4.19. The highest BCUT2D eigenvalue weighted by atomic mass is 16.4. The van der Waals surface area contributed by atoms with Crippen molar-refractivity contribution in [3.63, 3.8) is 0 Å². The molecular formula is C8H15NO2. The van der Waals surface area contributed by atoms with Gasteiger partial charge in [-0.2, -0.15) is 0 Å². The predicted octanol–water partition coefficient (Wildman–Crippen LogP) is 0.707. The molecule has 0 amide bonds. The third-order valence-electron chi connectivity index (χ3n) is 2.47. The molecule has 3 nitrogen and oxygen atoms in total. The van der Waals surface area contributed by atoms with Crippen LogP contribution in [0.5, 0.6) is 0 Å². The molecule has 1 heterocycles. The third-order valence-corrected chi connectivity index (χ3v) is 2.47. The summed E-state index contributed by atoms with van der Waals surface area (Å²) >= 11 is 0. The molecule has 1 fully saturated rings. The summed E-state index contributed by atoms with van der Waals surface area (Å²) in [6.45, 7) is 3.68. The topological polar surface area (TPSA) is 49.3 Å². The molecule has 1 aliphatic rings. The summed E-state index contributed by atoms with van der Waals surface area (Å²) in [5, 5.41) is 11.9. The minimum atomic E-state index is -0.649. The summed E-state index contributed by atoms with van der Waals surface area (Å²) < 4.78 is 0. The molecule has 0 aromatic heterocycles. The number of carboxylic acids is 1. The Morgan fingerprint density at radius 1 is 1.73 bits per heavy atom. The fourth-order valence-electron chi connectivity index (χ4n) is 1.69. The summed E-state index contributed by atoms with van der Waals surface area (Å²) in [5.74, 6) is -0.424. The van der Waals surface area contributed by atoms with Crippen molar-refractivity contribution in [2.45, 2.75) is 19.8 Å². The summed E-state index contributed by atoms with van der Waals surface area (Å²) in [6.07, 6.45) is 1.99. The van der Waals surface area contributed by atoms with Crippen molar-refractivity contribution >= 4 is 5.97 Å². The summed E-state index contributed by atoms with van der Waals surface area (Å²) in [7, 11) is 0. The van der Waals surface area contributed by atoms with E-state index in [0.29, 0.717) is 12.5 Å². The lowest BCUT2D eigenvalue weighted by Crippen LogP contribution is -2.40. The quantitative estimate of drug-likeness (QED) is 0.620. The van der Waals surface area contributed by atoms with Crippen LogP contribution in [0.1, 0.15) is 19.8 Å². The number of aliphatic carboxylic acids is 1. The Hall–Kier alpha value is -0.570. The highest BCUT2D eigenvalue weighted by Gasteiger charge is 2.28. The van der Waals surface area contributed by atoms with Gasteiger partial charge in [-0.05, 0) is 18.9 Å². The first-order valence-corrected chi connectivity index (χ1v) is 4.19. The molecule has 2 unspecified atom stereocenters. The molecule has 0 aromatic carbocycles. The number of hydrogen-bond donors (Lipinski definition) is 2. The third kappa shape index (κ3) is 1.93. The molecule has 0 aromatic rings. The van der Waals surface area contributed by atoms with Crippen LogP contribution in [-0.4, -0.2) is 24.2 Å². The Bertz CT molecular complexity index is 147. The highest BCUT2D eigenvalue weighted by molar-refractivity contribution is 5.70. The molecule has 1 rings (SSSR count). The van der Waals surface area contributed by atoms with Crippen molar-refractivity contribution in [1.82, 2.24) is 5.32 Å². The molecule has 0 spiro atoms. The first-order chi connectivity index (χ1) is 5.25. The van der Waals surface area contributed by atoms with Crippen molar-refractivity contribution in [1.29, 1.82) is 0 Å². The zero-order chi connectivity index (χ0) is 8.27. The van der Waals surface area contributed by atoms with Crippen LogP contribution in [0.3, 0.4) is 0 Å². The average Bonchev–Trinajstić information content (AvgIpc) is 2.04. The SMILES string of the molecule is CCC1CCNCC1C(=O)O. The minimum Gasteiger partial charge on any atom is -0.481 e. The fraction of sp³-hybridized carbons (Fsp3) is 0.875. The maximum Gasteiger partial charge on any atom is 0.308 e. The van der Waals surface area contributed by atoms with Gasteiger partial charge in [0.1, 0.15) is 0 Å². The molecule has 0 radical (unpaired) electrons. The number of rotatable bonds is 2. The van der Waals surface area contributed by atoms with E-state index in [0.717, 1.165) is 19.4 Å². The number of nitrogens with one attached hydrogen (secondary N) is 1. The molecule has 0 saturated carbocycles. The van der Waals surface area contributed by atoms with E-state index in [9.17, 15) is 4.79 Å². The summed E-state index contributed by atoms with van der Waals surface area (Å²) in [4.78, 5) is 10.7. The maximum absolute atomic E-state index is 10.7. The van der Waals surface area contributed by atoms with Gasteiger partial charge >= 0.3 is 5.97 Å². The summed E-state index contributed by atoms with van der Waals surface area (Å²) in [5.41, 5.74) is 0. The van der Waals surface area contributed by atoms with E-state index >= 15 is 0 Å².